The average Bonchev–Trinajstić information content (AvgIpc) is 2.73. The first-order valence-corrected chi connectivity index (χ1v) is 8.70. The lowest BCUT2D eigenvalue weighted by atomic mass is 9.81. The van der Waals surface area contributed by atoms with Crippen LogP contribution in [0.1, 0.15) is 56.8 Å². The molecule has 4 nitrogen and oxygen atoms in total. The Hall–Kier alpha value is -0.870. The third-order valence-electron chi connectivity index (χ3n) is 5.26. The zero-order valence-electron chi connectivity index (χ0n) is 13.7. The summed E-state index contributed by atoms with van der Waals surface area (Å²) in [6.45, 7) is 6.83. The molecule has 1 spiro atoms. The number of hydrogen-bond acceptors (Lipinski definition) is 3. The first kappa shape index (κ1) is 15.0. The van der Waals surface area contributed by atoms with Gasteiger partial charge in [0.05, 0.1) is 11.4 Å². The lowest BCUT2D eigenvalue weighted by Gasteiger charge is -2.40. The van der Waals surface area contributed by atoms with Gasteiger partial charge in [-0.15, -0.1) is 0 Å². The first-order valence-electron chi connectivity index (χ1n) is 8.70. The standard InChI is InChI=1S/C17H30N4/c1-3-15-12-16(20(2)19-15)13-21-11-7-10-18-17(14-21)8-5-4-6-9-17/h12,18H,3-11,13-14H2,1-2H3. The van der Waals surface area contributed by atoms with Crippen LogP contribution in [0.4, 0.5) is 0 Å². The van der Waals surface area contributed by atoms with Gasteiger partial charge < -0.3 is 5.32 Å². The van der Waals surface area contributed by atoms with Crippen LogP contribution in [0, 0.1) is 0 Å². The van der Waals surface area contributed by atoms with Crippen molar-refractivity contribution in [3.05, 3.63) is 17.5 Å². The maximum atomic E-state index is 4.60. The molecule has 1 N–H and O–H groups in total. The maximum Gasteiger partial charge on any atom is 0.0625 e. The van der Waals surface area contributed by atoms with E-state index in [2.05, 4.69) is 40.0 Å². The Balaban J connectivity index is 1.69. The Kier molecular flexibility index (Phi) is 4.65. The summed E-state index contributed by atoms with van der Waals surface area (Å²) in [4.78, 5) is 2.65. The molecule has 118 valence electrons. The fourth-order valence-corrected chi connectivity index (χ4v) is 4.04. The summed E-state index contributed by atoms with van der Waals surface area (Å²) in [5, 5.41) is 8.48. The Morgan fingerprint density at radius 3 is 2.76 bits per heavy atom. The largest absolute Gasteiger partial charge is 0.310 e. The highest BCUT2D eigenvalue weighted by molar-refractivity contribution is 5.10. The van der Waals surface area contributed by atoms with Crippen molar-refractivity contribution in [2.75, 3.05) is 19.6 Å². The summed E-state index contributed by atoms with van der Waals surface area (Å²) in [5.41, 5.74) is 2.97. The minimum atomic E-state index is 0.390. The second-order valence-corrected chi connectivity index (χ2v) is 6.94. The summed E-state index contributed by atoms with van der Waals surface area (Å²) in [5.74, 6) is 0. The summed E-state index contributed by atoms with van der Waals surface area (Å²) in [7, 11) is 2.08. The molecule has 1 aromatic rings. The molecule has 0 radical (unpaired) electrons. The monoisotopic (exact) mass is 290 g/mol. The van der Waals surface area contributed by atoms with Crippen LogP contribution in [0.5, 0.6) is 0 Å². The van der Waals surface area contributed by atoms with Crippen molar-refractivity contribution in [2.24, 2.45) is 7.05 Å². The van der Waals surface area contributed by atoms with E-state index in [4.69, 9.17) is 0 Å². The van der Waals surface area contributed by atoms with Crippen LogP contribution in [0.3, 0.4) is 0 Å². The van der Waals surface area contributed by atoms with E-state index < -0.39 is 0 Å². The van der Waals surface area contributed by atoms with Gasteiger partial charge in [0.2, 0.25) is 0 Å². The molecule has 21 heavy (non-hydrogen) atoms. The van der Waals surface area contributed by atoms with Crippen molar-refractivity contribution in [2.45, 2.75) is 64.0 Å². The molecular formula is C17H30N4. The fourth-order valence-electron chi connectivity index (χ4n) is 4.04. The average molecular weight is 290 g/mol. The third-order valence-corrected chi connectivity index (χ3v) is 5.26. The lowest BCUT2D eigenvalue weighted by Crippen LogP contribution is -2.52. The number of nitrogens with one attached hydrogen (secondary N) is 1. The molecule has 0 bridgehead atoms. The number of aryl methyl sites for hydroxylation is 2. The van der Waals surface area contributed by atoms with Gasteiger partial charge in [-0.2, -0.15) is 5.10 Å². The van der Waals surface area contributed by atoms with Crippen LogP contribution < -0.4 is 5.32 Å². The Bertz CT molecular complexity index is 459. The predicted molar refractivity (Wildman–Crippen MR) is 86.3 cm³/mol. The molecular weight excluding hydrogens is 260 g/mol. The fraction of sp³-hybridized carbons (Fsp3) is 0.824. The van der Waals surface area contributed by atoms with Gasteiger partial charge in [0.1, 0.15) is 0 Å². The van der Waals surface area contributed by atoms with Gasteiger partial charge in [-0.3, -0.25) is 9.58 Å². The zero-order chi connectivity index (χ0) is 14.7. The van der Waals surface area contributed by atoms with Crippen LogP contribution in [0.15, 0.2) is 6.07 Å². The normalized spacial score (nSPS) is 23.3. The van der Waals surface area contributed by atoms with Crippen LogP contribution in [-0.2, 0) is 20.0 Å². The topological polar surface area (TPSA) is 33.1 Å². The van der Waals surface area contributed by atoms with Crippen molar-refractivity contribution >= 4 is 0 Å². The van der Waals surface area contributed by atoms with Crippen LogP contribution in [0.2, 0.25) is 0 Å². The van der Waals surface area contributed by atoms with Crippen molar-refractivity contribution in [3.63, 3.8) is 0 Å². The van der Waals surface area contributed by atoms with Gasteiger partial charge >= 0.3 is 0 Å². The highest BCUT2D eigenvalue weighted by Crippen LogP contribution is 2.30. The van der Waals surface area contributed by atoms with E-state index in [0.29, 0.717) is 5.54 Å². The molecule has 1 aromatic heterocycles. The molecule has 2 fully saturated rings. The van der Waals surface area contributed by atoms with Gasteiger partial charge in [0.25, 0.3) is 0 Å². The van der Waals surface area contributed by atoms with Gasteiger partial charge in [-0.1, -0.05) is 26.2 Å². The minimum absolute atomic E-state index is 0.390. The highest BCUT2D eigenvalue weighted by Gasteiger charge is 2.34. The Morgan fingerprint density at radius 1 is 1.24 bits per heavy atom. The molecule has 2 aliphatic rings. The van der Waals surface area contributed by atoms with Crippen molar-refractivity contribution in [1.29, 1.82) is 0 Å². The molecule has 1 aliphatic heterocycles. The number of aromatic nitrogens is 2. The lowest BCUT2D eigenvalue weighted by molar-refractivity contribution is 0.157. The SMILES string of the molecule is CCc1cc(CN2CCCNC3(CCCCC3)C2)n(C)n1. The van der Waals surface area contributed by atoms with E-state index in [0.717, 1.165) is 13.0 Å². The van der Waals surface area contributed by atoms with Crippen LogP contribution in [0.25, 0.3) is 0 Å². The summed E-state index contributed by atoms with van der Waals surface area (Å²) in [6.07, 6.45) is 9.22. The van der Waals surface area contributed by atoms with E-state index in [-0.39, 0.29) is 0 Å². The van der Waals surface area contributed by atoms with Crippen molar-refractivity contribution in [1.82, 2.24) is 20.0 Å². The summed E-state index contributed by atoms with van der Waals surface area (Å²) >= 11 is 0. The van der Waals surface area contributed by atoms with Crippen LogP contribution >= 0.6 is 0 Å². The molecule has 0 amide bonds. The molecule has 3 rings (SSSR count). The molecule has 1 saturated heterocycles. The summed E-state index contributed by atoms with van der Waals surface area (Å²) < 4.78 is 2.07. The van der Waals surface area contributed by atoms with Gasteiger partial charge in [-0.05, 0) is 44.8 Å². The molecule has 0 aromatic carbocycles. The van der Waals surface area contributed by atoms with Gasteiger partial charge in [0.15, 0.2) is 0 Å². The van der Waals surface area contributed by atoms with Gasteiger partial charge in [-0.25, -0.2) is 0 Å². The van der Waals surface area contributed by atoms with E-state index in [1.807, 2.05) is 0 Å². The van der Waals surface area contributed by atoms with Crippen LogP contribution in [-0.4, -0.2) is 39.9 Å². The molecule has 1 saturated carbocycles. The van der Waals surface area contributed by atoms with E-state index in [1.54, 1.807) is 0 Å². The maximum absolute atomic E-state index is 4.60. The van der Waals surface area contributed by atoms with E-state index in [1.165, 1.54) is 69.5 Å². The minimum Gasteiger partial charge on any atom is -0.310 e. The predicted octanol–water partition coefficient (Wildman–Crippen LogP) is 2.48. The van der Waals surface area contributed by atoms with Crippen molar-refractivity contribution < 1.29 is 0 Å². The quantitative estimate of drug-likeness (QED) is 0.928. The number of nitrogens with zero attached hydrogens (tertiary/aromatic N) is 3. The van der Waals surface area contributed by atoms with Crippen molar-refractivity contribution in [3.8, 4) is 0 Å². The molecule has 1 aliphatic carbocycles. The van der Waals surface area contributed by atoms with Gasteiger partial charge in [0, 0.05) is 25.7 Å². The molecule has 4 heteroatoms. The Morgan fingerprint density at radius 2 is 2.05 bits per heavy atom. The Labute approximate surface area is 128 Å². The first-order chi connectivity index (χ1) is 10.2. The molecule has 0 unspecified atom stereocenters. The smallest absolute Gasteiger partial charge is 0.0625 e. The van der Waals surface area contributed by atoms with E-state index >= 15 is 0 Å². The van der Waals surface area contributed by atoms with E-state index in [9.17, 15) is 0 Å². The molecule has 0 atom stereocenters. The highest BCUT2D eigenvalue weighted by atomic mass is 15.3. The second kappa shape index (κ2) is 6.49. The third kappa shape index (κ3) is 3.49. The number of hydrogen-bond donors (Lipinski definition) is 1. The molecule has 2 heterocycles. The zero-order valence-corrected chi connectivity index (χ0v) is 13.7. The second-order valence-electron chi connectivity index (χ2n) is 6.94. The summed E-state index contributed by atoms with van der Waals surface area (Å²) in [6, 6.07) is 2.28. The number of rotatable bonds is 3.